The highest BCUT2D eigenvalue weighted by atomic mass is 31.2. The van der Waals surface area contributed by atoms with Crippen LogP contribution in [0.15, 0.2) is 207 Å². The quantitative estimate of drug-likeness (QED) is 0.0146. The number of aliphatic hydroxyl groups excluding tert-OH is 2. The van der Waals surface area contributed by atoms with Crippen LogP contribution in [0.1, 0.15) is 316 Å². The molecule has 0 fully saturated rings. The Hall–Kier alpha value is -5.87. The molecule has 0 aromatic rings. The predicted octanol–water partition coefficient (Wildman–Crippen LogP) is 26.4. The average Bonchev–Trinajstić information content (AvgIpc) is 0.902. The zero-order valence-electron chi connectivity index (χ0n) is 70.2. The lowest BCUT2D eigenvalue weighted by atomic mass is 10.0. The Morgan fingerprint density at radius 1 is 0.248 bits per heavy atom. The van der Waals surface area contributed by atoms with Crippen molar-refractivity contribution in [1.82, 2.24) is 0 Å². The first-order chi connectivity index (χ1) is 55.2. The van der Waals surface area contributed by atoms with Crippen molar-refractivity contribution in [3.05, 3.63) is 207 Å². The minimum absolute atomic E-state index is 0.0347. The second-order valence-electron chi connectivity index (χ2n) is 28.2. The van der Waals surface area contributed by atoms with Gasteiger partial charge in [0.25, 0.3) is 0 Å². The number of unbranched alkanes of at least 4 members (excludes halogenated alkanes) is 23. The molecule has 0 aliphatic rings. The summed E-state index contributed by atoms with van der Waals surface area (Å²) in [6.07, 6.45) is 115. The summed E-state index contributed by atoms with van der Waals surface area (Å²) in [5.74, 6) is -1.71. The fraction of sp³-hybridized carbons (Fsp3) is 0.611. The second kappa shape index (κ2) is 85.5. The van der Waals surface area contributed by atoms with E-state index in [1.165, 1.54) is 103 Å². The van der Waals surface area contributed by atoms with E-state index in [4.69, 9.17) is 32.3 Å². The maximum absolute atomic E-state index is 13.0. The first-order valence-electron chi connectivity index (χ1n) is 43.4. The monoisotopic (exact) mass is 1610 g/mol. The Balaban J connectivity index is 4.57. The molecule has 0 aliphatic carbocycles. The van der Waals surface area contributed by atoms with Gasteiger partial charge in [-0.25, -0.2) is 9.13 Å². The van der Waals surface area contributed by atoms with Gasteiger partial charge in [-0.1, -0.05) is 349 Å². The third-order valence-corrected chi connectivity index (χ3v) is 19.4. The standard InChI is InChI=1S/C95H154O16P2/c1-4-7-10-13-16-19-22-25-28-31-34-36-38-39-40-41-42-43-44-45-46-47-48-49-51-53-55-57-60-63-66-69-72-75-78-81-93(98)105-84-90(96)85-107-112(101,102)108-86-91(97)87-109-113(103,104)110-89-92(111-95(100)83-80-77-74-71-68-65-62-59-54-33-30-27-24-21-18-15-12-9-6-3)88-106-94(99)82-79-76-73-70-67-64-61-58-56-52-50-37-35-32-29-26-23-20-17-14-11-8-5-2/h7-12,16-21,25-30,34-37,39-40,52,54,56,59,61,64-65,68,74,77,90-92,96-97H,4-6,13-15,22-24,31-33,38,41-51,53,55,57-58,60,62-63,66-67,69-73,75-76,78-89H2,1-3H3,(H,101,102)(H,103,104)/b10-7-,11-8-,12-9-,19-16-,20-17-,21-18-,28-25-,29-26-,30-27-,36-34-,37-35-,40-39-,56-52-,59-54-,64-61-,68-65-,77-74-. The van der Waals surface area contributed by atoms with E-state index in [1.807, 2.05) is 18.2 Å². The molecule has 0 bridgehead atoms. The van der Waals surface area contributed by atoms with Crippen LogP contribution in [-0.4, -0.2) is 95.9 Å². The van der Waals surface area contributed by atoms with Crippen LogP contribution < -0.4 is 0 Å². The van der Waals surface area contributed by atoms with Crippen LogP contribution in [0, 0.1) is 0 Å². The topological polar surface area (TPSA) is 231 Å². The highest BCUT2D eigenvalue weighted by Crippen LogP contribution is 2.45. The molecule has 113 heavy (non-hydrogen) atoms. The molecule has 0 aromatic heterocycles. The Morgan fingerprint density at radius 3 is 0.735 bits per heavy atom. The molecule has 0 aromatic carbocycles. The summed E-state index contributed by atoms with van der Waals surface area (Å²) < 4.78 is 61.2. The molecule has 16 nitrogen and oxygen atoms in total. The Bertz CT molecular complexity index is 2880. The largest absolute Gasteiger partial charge is 0.472 e. The number of carbonyl (C=O) groups excluding carboxylic acids is 3. The van der Waals surface area contributed by atoms with E-state index in [0.29, 0.717) is 25.7 Å². The summed E-state index contributed by atoms with van der Waals surface area (Å²) in [6, 6.07) is 0. The van der Waals surface area contributed by atoms with Gasteiger partial charge in [-0.15, -0.1) is 0 Å². The summed E-state index contributed by atoms with van der Waals surface area (Å²) in [5, 5.41) is 20.7. The van der Waals surface area contributed by atoms with E-state index in [-0.39, 0.29) is 19.3 Å². The zero-order chi connectivity index (χ0) is 82.2. The Labute approximate surface area is 686 Å². The third kappa shape index (κ3) is 86.8. The molecule has 0 amide bonds. The highest BCUT2D eigenvalue weighted by molar-refractivity contribution is 7.47. The van der Waals surface area contributed by atoms with E-state index in [9.17, 15) is 43.5 Å². The van der Waals surface area contributed by atoms with E-state index in [0.717, 1.165) is 148 Å². The van der Waals surface area contributed by atoms with Crippen LogP contribution in [0.2, 0.25) is 0 Å². The second-order valence-corrected chi connectivity index (χ2v) is 31.1. The molecule has 0 spiro atoms. The predicted molar refractivity (Wildman–Crippen MR) is 472 cm³/mol. The van der Waals surface area contributed by atoms with Gasteiger partial charge in [0.05, 0.1) is 26.4 Å². The van der Waals surface area contributed by atoms with Crippen molar-refractivity contribution in [1.29, 1.82) is 0 Å². The summed E-state index contributed by atoms with van der Waals surface area (Å²) >= 11 is 0. The molecule has 640 valence electrons. The van der Waals surface area contributed by atoms with Gasteiger partial charge >= 0.3 is 33.6 Å². The maximum atomic E-state index is 13.0. The highest BCUT2D eigenvalue weighted by Gasteiger charge is 2.29. The lowest BCUT2D eigenvalue weighted by Crippen LogP contribution is -2.29. The normalized spacial score (nSPS) is 14.9. The van der Waals surface area contributed by atoms with Crippen LogP contribution in [0.4, 0.5) is 0 Å². The lowest BCUT2D eigenvalue weighted by molar-refractivity contribution is -0.161. The van der Waals surface area contributed by atoms with Gasteiger partial charge in [-0.05, 0) is 154 Å². The molecule has 0 radical (unpaired) electrons. The maximum Gasteiger partial charge on any atom is 0.472 e. The van der Waals surface area contributed by atoms with E-state index >= 15 is 0 Å². The van der Waals surface area contributed by atoms with Gasteiger partial charge in [-0.3, -0.25) is 32.5 Å². The summed E-state index contributed by atoms with van der Waals surface area (Å²) in [4.78, 5) is 58.8. The Morgan fingerprint density at radius 2 is 0.460 bits per heavy atom. The first kappa shape index (κ1) is 107. The van der Waals surface area contributed by atoms with Crippen LogP contribution in [0.3, 0.4) is 0 Å². The van der Waals surface area contributed by atoms with Gasteiger partial charge in [-0.2, -0.15) is 0 Å². The van der Waals surface area contributed by atoms with E-state index in [2.05, 4.69) is 209 Å². The fourth-order valence-electron chi connectivity index (χ4n) is 11.0. The van der Waals surface area contributed by atoms with Crippen LogP contribution in [0.5, 0.6) is 0 Å². The van der Waals surface area contributed by atoms with Crippen molar-refractivity contribution in [2.24, 2.45) is 0 Å². The van der Waals surface area contributed by atoms with Crippen LogP contribution in [0.25, 0.3) is 0 Å². The molecular weight excluding hydrogens is 1460 g/mol. The van der Waals surface area contributed by atoms with Gasteiger partial charge < -0.3 is 34.2 Å². The molecule has 0 heterocycles. The van der Waals surface area contributed by atoms with Crippen LogP contribution in [-0.2, 0) is 55.8 Å². The van der Waals surface area contributed by atoms with Crippen LogP contribution >= 0.6 is 15.6 Å². The van der Waals surface area contributed by atoms with Crippen molar-refractivity contribution in [3.8, 4) is 0 Å². The number of esters is 3. The molecular formula is C95H154O16P2. The van der Waals surface area contributed by atoms with Crippen molar-refractivity contribution in [2.45, 2.75) is 334 Å². The molecule has 5 atom stereocenters. The minimum Gasteiger partial charge on any atom is -0.463 e. The van der Waals surface area contributed by atoms with Crippen molar-refractivity contribution in [2.75, 3.05) is 39.6 Å². The van der Waals surface area contributed by atoms with E-state index < -0.39 is 91.5 Å². The van der Waals surface area contributed by atoms with Crippen molar-refractivity contribution < 1.29 is 75.8 Å². The molecule has 0 rings (SSSR count). The number of ether oxygens (including phenoxy) is 3. The summed E-state index contributed by atoms with van der Waals surface area (Å²) in [7, 11) is -9.85. The molecule has 5 unspecified atom stereocenters. The van der Waals surface area contributed by atoms with Gasteiger partial charge in [0.15, 0.2) is 6.10 Å². The number of allylic oxidation sites excluding steroid dienone is 34. The molecule has 18 heteroatoms. The molecule has 0 saturated heterocycles. The number of carbonyl (C=O) groups is 3. The molecule has 0 aliphatic heterocycles. The smallest absolute Gasteiger partial charge is 0.463 e. The molecule has 4 N–H and O–H groups in total. The number of hydrogen-bond donors (Lipinski definition) is 4. The SMILES string of the molecule is CC/C=C\C/C=C\C/C=C\C/C=C\C/C=C\C/C=C\CCCCCCC(=O)OCC(COP(=O)(O)OCC(O)COP(=O)(O)OCC(O)COC(=O)CCCCCCCCCCCCCCCCCCCCC/C=C\C/C=C\C/C=C\C/C=C\C/C=C\CC)OC(=O)CC/C=C\C/C=C\C/C=C\C/C=C\C/C=C\C/C=C\CC. The van der Waals surface area contributed by atoms with E-state index in [1.54, 1.807) is 0 Å². The number of hydrogen-bond acceptors (Lipinski definition) is 14. The number of rotatable bonds is 80. The number of phosphoric acid groups is 2. The Kier molecular flexibility index (Phi) is 81.1. The fourth-order valence-corrected chi connectivity index (χ4v) is 12.6. The third-order valence-electron chi connectivity index (χ3n) is 17.5. The average molecular weight is 1610 g/mol. The van der Waals surface area contributed by atoms with Crippen molar-refractivity contribution >= 4 is 33.6 Å². The minimum atomic E-state index is -4.97. The molecule has 0 saturated carbocycles. The van der Waals surface area contributed by atoms with Crippen molar-refractivity contribution in [3.63, 3.8) is 0 Å². The van der Waals surface area contributed by atoms with Gasteiger partial charge in [0.2, 0.25) is 0 Å². The zero-order valence-corrected chi connectivity index (χ0v) is 72.0. The number of phosphoric ester groups is 2. The lowest BCUT2D eigenvalue weighted by Gasteiger charge is -2.21. The number of aliphatic hydroxyl groups is 2. The first-order valence-corrected chi connectivity index (χ1v) is 46.4. The van der Waals surface area contributed by atoms with Gasteiger partial charge in [0.1, 0.15) is 25.4 Å². The van der Waals surface area contributed by atoms with Gasteiger partial charge in [0, 0.05) is 19.3 Å². The summed E-state index contributed by atoms with van der Waals surface area (Å²) in [5.41, 5.74) is 0. The summed E-state index contributed by atoms with van der Waals surface area (Å²) in [6.45, 7) is 2.22.